The Bertz CT molecular complexity index is 761. The summed E-state index contributed by atoms with van der Waals surface area (Å²) in [7, 11) is 0. The fraction of sp³-hybridized carbons (Fsp3) is 0.294. The van der Waals surface area contributed by atoms with Crippen LogP contribution in [0.5, 0.6) is 0 Å². The van der Waals surface area contributed by atoms with E-state index in [0.29, 0.717) is 25.3 Å². The molecule has 0 saturated carbocycles. The van der Waals surface area contributed by atoms with E-state index in [-0.39, 0.29) is 17.6 Å². The van der Waals surface area contributed by atoms with Gasteiger partial charge in [-0.25, -0.2) is 9.78 Å². The average molecular weight is 326 g/mol. The Balaban J connectivity index is 1.84. The van der Waals surface area contributed by atoms with Crippen LogP contribution >= 0.6 is 0 Å². The van der Waals surface area contributed by atoms with Crippen molar-refractivity contribution in [2.24, 2.45) is 0 Å². The molecule has 7 heteroatoms. The van der Waals surface area contributed by atoms with Crippen LogP contribution in [0.3, 0.4) is 0 Å². The third-order valence-corrected chi connectivity index (χ3v) is 3.96. The summed E-state index contributed by atoms with van der Waals surface area (Å²) in [5.41, 5.74) is 2.57. The van der Waals surface area contributed by atoms with Crippen molar-refractivity contribution in [1.82, 2.24) is 20.2 Å². The van der Waals surface area contributed by atoms with Gasteiger partial charge in [-0.2, -0.15) is 0 Å². The van der Waals surface area contributed by atoms with Crippen LogP contribution in [-0.2, 0) is 11.3 Å². The minimum Gasteiger partial charge on any atom is -0.476 e. The fourth-order valence-electron chi connectivity index (χ4n) is 2.84. The van der Waals surface area contributed by atoms with Crippen molar-refractivity contribution in [2.45, 2.75) is 19.5 Å². The lowest BCUT2D eigenvalue weighted by atomic mass is 10.0. The van der Waals surface area contributed by atoms with Gasteiger partial charge in [0.05, 0.1) is 18.1 Å². The Morgan fingerprint density at radius 3 is 2.88 bits per heavy atom. The van der Waals surface area contributed by atoms with Crippen LogP contribution in [0.4, 0.5) is 0 Å². The van der Waals surface area contributed by atoms with E-state index in [2.05, 4.69) is 15.3 Å². The van der Waals surface area contributed by atoms with E-state index in [1.165, 1.54) is 12.4 Å². The zero-order chi connectivity index (χ0) is 17.1. The van der Waals surface area contributed by atoms with E-state index in [4.69, 9.17) is 5.11 Å². The number of nitrogens with one attached hydrogen (secondary N) is 1. The molecule has 1 aliphatic rings. The number of aromatic nitrogens is 2. The predicted octanol–water partition coefficient (Wildman–Crippen LogP) is 1.16. The Morgan fingerprint density at radius 1 is 1.38 bits per heavy atom. The van der Waals surface area contributed by atoms with Gasteiger partial charge in [0.15, 0.2) is 5.69 Å². The van der Waals surface area contributed by atoms with Gasteiger partial charge < -0.3 is 10.4 Å². The van der Waals surface area contributed by atoms with Crippen molar-refractivity contribution in [1.29, 1.82) is 0 Å². The normalized spacial score (nSPS) is 18.2. The number of carboxylic acid groups (broad SMARTS) is 1. The van der Waals surface area contributed by atoms with Crippen LogP contribution < -0.4 is 5.32 Å². The van der Waals surface area contributed by atoms with Gasteiger partial charge in [-0.15, -0.1) is 0 Å². The summed E-state index contributed by atoms with van der Waals surface area (Å²) in [6.07, 6.45) is 2.69. The first-order valence-corrected chi connectivity index (χ1v) is 7.67. The molecular weight excluding hydrogens is 308 g/mol. The van der Waals surface area contributed by atoms with Crippen molar-refractivity contribution in [2.75, 3.05) is 13.1 Å². The highest BCUT2D eigenvalue weighted by atomic mass is 16.4. The highest BCUT2D eigenvalue weighted by Gasteiger charge is 2.31. The van der Waals surface area contributed by atoms with Crippen molar-refractivity contribution >= 4 is 11.9 Å². The van der Waals surface area contributed by atoms with E-state index in [9.17, 15) is 9.59 Å². The van der Waals surface area contributed by atoms with Crippen LogP contribution in [0, 0.1) is 6.92 Å². The molecule has 1 unspecified atom stereocenters. The summed E-state index contributed by atoms with van der Waals surface area (Å²) in [5, 5.41) is 11.8. The average Bonchev–Trinajstić information content (AvgIpc) is 2.55. The molecule has 0 radical (unpaired) electrons. The fourth-order valence-corrected chi connectivity index (χ4v) is 2.84. The molecule has 2 heterocycles. The van der Waals surface area contributed by atoms with E-state index in [1.807, 2.05) is 36.1 Å². The second-order valence-corrected chi connectivity index (χ2v) is 5.78. The Kier molecular flexibility index (Phi) is 4.52. The van der Waals surface area contributed by atoms with E-state index < -0.39 is 5.97 Å². The van der Waals surface area contributed by atoms with Crippen molar-refractivity contribution < 1.29 is 14.7 Å². The molecule has 7 nitrogen and oxygen atoms in total. The van der Waals surface area contributed by atoms with Crippen LogP contribution in [0.25, 0.3) is 0 Å². The first-order valence-electron chi connectivity index (χ1n) is 7.67. The summed E-state index contributed by atoms with van der Waals surface area (Å²) >= 11 is 0. The molecule has 1 aromatic carbocycles. The maximum absolute atomic E-state index is 12.4. The molecule has 2 aromatic rings. The quantitative estimate of drug-likeness (QED) is 0.875. The van der Waals surface area contributed by atoms with Gasteiger partial charge in [-0.1, -0.05) is 29.8 Å². The third kappa shape index (κ3) is 3.41. The lowest BCUT2D eigenvalue weighted by Crippen LogP contribution is -2.49. The molecule has 124 valence electrons. The number of piperazine rings is 1. The maximum Gasteiger partial charge on any atom is 0.356 e. The molecule has 0 aliphatic carbocycles. The lowest BCUT2D eigenvalue weighted by molar-refractivity contribution is -0.129. The zero-order valence-corrected chi connectivity index (χ0v) is 13.3. The zero-order valence-electron chi connectivity index (χ0n) is 13.3. The molecule has 1 aromatic heterocycles. The number of nitrogens with zero attached hydrogens (tertiary/aromatic N) is 3. The minimum atomic E-state index is -1.11. The second kappa shape index (κ2) is 6.76. The Labute approximate surface area is 139 Å². The predicted molar refractivity (Wildman–Crippen MR) is 86.3 cm³/mol. The van der Waals surface area contributed by atoms with Crippen molar-refractivity contribution in [3.05, 3.63) is 59.2 Å². The topological polar surface area (TPSA) is 95.4 Å². The molecule has 1 saturated heterocycles. The van der Waals surface area contributed by atoms with Gasteiger partial charge in [-0.3, -0.25) is 14.7 Å². The number of aromatic carboxylic acids is 1. The van der Waals surface area contributed by atoms with Crippen LogP contribution in [0.2, 0.25) is 0 Å². The molecule has 2 N–H and O–H groups in total. The number of carbonyl (C=O) groups is 2. The molecule has 0 spiro atoms. The summed E-state index contributed by atoms with van der Waals surface area (Å²) in [4.78, 5) is 33.3. The lowest BCUT2D eigenvalue weighted by Gasteiger charge is -2.35. The first kappa shape index (κ1) is 16.1. The number of hydrogen-bond acceptors (Lipinski definition) is 5. The number of aryl methyl sites for hydroxylation is 1. The van der Waals surface area contributed by atoms with Gasteiger partial charge in [0.1, 0.15) is 6.04 Å². The van der Waals surface area contributed by atoms with E-state index in [1.54, 1.807) is 0 Å². The van der Waals surface area contributed by atoms with Crippen LogP contribution in [0.15, 0.2) is 36.7 Å². The molecule has 24 heavy (non-hydrogen) atoms. The summed E-state index contributed by atoms with van der Waals surface area (Å²) in [6.45, 7) is 3.68. The number of benzene rings is 1. The van der Waals surface area contributed by atoms with Gasteiger partial charge in [0.2, 0.25) is 5.91 Å². The number of carbonyl (C=O) groups excluding carboxylic acids is 1. The summed E-state index contributed by atoms with van der Waals surface area (Å²) < 4.78 is 0. The third-order valence-electron chi connectivity index (χ3n) is 3.96. The van der Waals surface area contributed by atoms with Crippen LogP contribution in [-0.4, -0.2) is 44.9 Å². The van der Waals surface area contributed by atoms with Crippen molar-refractivity contribution in [3.8, 4) is 0 Å². The van der Waals surface area contributed by atoms with Gasteiger partial charge in [0, 0.05) is 19.6 Å². The standard InChI is InChI=1S/C17H18N4O3/c1-11-3-2-4-12(7-11)15-16(22)18-5-6-21(15)10-13-8-20-14(9-19-13)17(23)24/h2-4,7-9,15H,5-6,10H2,1H3,(H,18,22)(H,23,24). The largest absolute Gasteiger partial charge is 0.476 e. The van der Waals surface area contributed by atoms with Crippen LogP contribution in [0.1, 0.15) is 33.4 Å². The first-order chi connectivity index (χ1) is 11.5. The highest BCUT2D eigenvalue weighted by Crippen LogP contribution is 2.25. The Morgan fingerprint density at radius 2 is 2.21 bits per heavy atom. The molecule has 0 bridgehead atoms. The van der Waals surface area contributed by atoms with Gasteiger partial charge in [-0.05, 0) is 12.5 Å². The molecule has 1 fully saturated rings. The molecular formula is C17H18N4O3. The van der Waals surface area contributed by atoms with E-state index in [0.717, 1.165) is 11.1 Å². The Hall–Kier alpha value is -2.80. The van der Waals surface area contributed by atoms with Gasteiger partial charge >= 0.3 is 5.97 Å². The summed E-state index contributed by atoms with van der Waals surface area (Å²) in [5.74, 6) is -1.15. The number of carboxylic acids is 1. The maximum atomic E-state index is 12.4. The number of hydrogen-bond donors (Lipinski definition) is 2. The van der Waals surface area contributed by atoms with Crippen molar-refractivity contribution in [3.63, 3.8) is 0 Å². The van der Waals surface area contributed by atoms with Gasteiger partial charge in [0.25, 0.3) is 0 Å². The second-order valence-electron chi connectivity index (χ2n) is 5.78. The smallest absolute Gasteiger partial charge is 0.356 e. The highest BCUT2D eigenvalue weighted by molar-refractivity contribution is 5.85. The molecule has 3 rings (SSSR count). The SMILES string of the molecule is Cc1cccc(C2C(=O)NCCN2Cc2cnc(C(=O)O)cn2)c1. The number of amides is 1. The minimum absolute atomic E-state index is 0.0398. The summed E-state index contributed by atoms with van der Waals surface area (Å²) in [6, 6.07) is 7.48. The number of rotatable bonds is 4. The molecule has 1 amide bonds. The molecule has 1 aliphatic heterocycles. The van der Waals surface area contributed by atoms with E-state index >= 15 is 0 Å². The monoisotopic (exact) mass is 326 g/mol. The molecule has 1 atom stereocenters.